The molecule has 1 aromatic carbocycles. The molecular weight excluding hydrogens is 218 g/mol. The van der Waals surface area contributed by atoms with Crippen LogP contribution in [0, 0.1) is 0 Å². The molecule has 2 N–H and O–H groups in total. The number of carboxylic acid groups (broad SMARTS) is 1. The summed E-state index contributed by atoms with van der Waals surface area (Å²) in [6.45, 7) is 3.70. The molecule has 0 spiro atoms. The number of rotatable bonds is 4. The molecular formula is C13H15NO3. The molecule has 17 heavy (non-hydrogen) atoms. The number of hydrogen-bond donors (Lipinski definition) is 2. The van der Waals surface area contributed by atoms with Gasteiger partial charge in [0.15, 0.2) is 0 Å². The lowest BCUT2D eigenvalue weighted by molar-refractivity contribution is -0.112. The van der Waals surface area contributed by atoms with Crippen molar-refractivity contribution in [3.8, 4) is 0 Å². The Morgan fingerprint density at radius 3 is 2.35 bits per heavy atom. The lowest BCUT2D eigenvalue weighted by Gasteiger charge is -2.05. The van der Waals surface area contributed by atoms with Gasteiger partial charge in [0, 0.05) is 11.3 Å². The highest BCUT2D eigenvalue weighted by molar-refractivity contribution is 6.03. The molecule has 0 bridgehead atoms. The first kappa shape index (κ1) is 13.0. The van der Waals surface area contributed by atoms with Gasteiger partial charge in [-0.15, -0.1) is 0 Å². The van der Waals surface area contributed by atoms with Gasteiger partial charge in [0.05, 0.1) is 5.56 Å². The van der Waals surface area contributed by atoms with Crippen LogP contribution in [0.5, 0.6) is 0 Å². The number of aromatic carboxylic acids is 1. The maximum Gasteiger partial charge on any atom is 0.335 e. The molecule has 90 valence electrons. The Hall–Kier alpha value is -2.10. The lowest BCUT2D eigenvalue weighted by Crippen LogP contribution is -2.12. The number of carboxylic acids is 1. The topological polar surface area (TPSA) is 66.4 Å². The zero-order chi connectivity index (χ0) is 12.8. The van der Waals surface area contributed by atoms with Crippen molar-refractivity contribution >= 4 is 17.6 Å². The van der Waals surface area contributed by atoms with E-state index in [1.54, 1.807) is 19.1 Å². The average Bonchev–Trinajstić information content (AvgIpc) is 2.30. The molecule has 0 radical (unpaired) electrons. The van der Waals surface area contributed by atoms with E-state index in [1.165, 1.54) is 12.1 Å². The molecule has 0 saturated heterocycles. The predicted octanol–water partition coefficient (Wildman–Crippen LogP) is 2.68. The van der Waals surface area contributed by atoms with Crippen molar-refractivity contribution in [2.24, 2.45) is 0 Å². The average molecular weight is 233 g/mol. The predicted molar refractivity (Wildman–Crippen MR) is 66.1 cm³/mol. The fourth-order valence-electron chi connectivity index (χ4n) is 1.32. The largest absolute Gasteiger partial charge is 0.478 e. The van der Waals surface area contributed by atoms with Crippen LogP contribution in [0.1, 0.15) is 30.6 Å². The first-order valence-corrected chi connectivity index (χ1v) is 5.36. The van der Waals surface area contributed by atoms with E-state index in [0.29, 0.717) is 11.3 Å². The van der Waals surface area contributed by atoms with Crippen molar-refractivity contribution < 1.29 is 14.7 Å². The Kier molecular flexibility index (Phi) is 4.46. The van der Waals surface area contributed by atoms with Crippen molar-refractivity contribution in [3.63, 3.8) is 0 Å². The highest BCUT2D eigenvalue weighted by Gasteiger charge is 2.05. The summed E-state index contributed by atoms with van der Waals surface area (Å²) in [5.74, 6) is -1.15. The number of benzene rings is 1. The fourth-order valence-corrected chi connectivity index (χ4v) is 1.32. The van der Waals surface area contributed by atoms with E-state index in [0.717, 1.165) is 6.42 Å². The number of nitrogens with one attached hydrogen (secondary N) is 1. The molecule has 0 unspecified atom stereocenters. The van der Waals surface area contributed by atoms with Gasteiger partial charge in [0.1, 0.15) is 0 Å². The number of carbonyl (C=O) groups excluding carboxylic acids is 1. The molecule has 0 heterocycles. The molecule has 0 fully saturated rings. The minimum absolute atomic E-state index is 0.171. The first-order chi connectivity index (χ1) is 8.04. The third-order valence-corrected chi connectivity index (χ3v) is 2.26. The van der Waals surface area contributed by atoms with Crippen molar-refractivity contribution in [2.45, 2.75) is 20.3 Å². The quantitative estimate of drug-likeness (QED) is 0.786. The van der Waals surface area contributed by atoms with Gasteiger partial charge >= 0.3 is 5.97 Å². The molecule has 4 heteroatoms. The van der Waals surface area contributed by atoms with Crippen LogP contribution in [0.15, 0.2) is 35.9 Å². The summed E-state index contributed by atoms with van der Waals surface area (Å²) in [6, 6.07) is 6.05. The van der Waals surface area contributed by atoms with E-state index < -0.39 is 5.97 Å². The second kappa shape index (κ2) is 5.84. The summed E-state index contributed by atoms with van der Waals surface area (Å²) in [5, 5.41) is 11.4. The third kappa shape index (κ3) is 3.75. The van der Waals surface area contributed by atoms with Crippen LogP contribution in [0.4, 0.5) is 5.69 Å². The van der Waals surface area contributed by atoms with Crippen molar-refractivity contribution in [1.29, 1.82) is 0 Å². The van der Waals surface area contributed by atoms with Gasteiger partial charge < -0.3 is 10.4 Å². The van der Waals surface area contributed by atoms with Crippen molar-refractivity contribution in [3.05, 3.63) is 41.5 Å². The van der Waals surface area contributed by atoms with Gasteiger partial charge in [-0.3, -0.25) is 4.79 Å². The smallest absolute Gasteiger partial charge is 0.335 e. The molecule has 0 aliphatic heterocycles. The van der Waals surface area contributed by atoms with E-state index >= 15 is 0 Å². The molecule has 0 atom stereocenters. The minimum atomic E-state index is -0.982. The van der Waals surface area contributed by atoms with Crippen molar-refractivity contribution in [2.75, 3.05) is 5.32 Å². The number of allylic oxidation sites excluding steroid dienone is 1. The second-order valence-electron chi connectivity index (χ2n) is 3.63. The van der Waals surface area contributed by atoms with E-state index in [9.17, 15) is 9.59 Å². The maximum atomic E-state index is 11.6. The standard InChI is InChI=1S/C13H15NO3/c1-3-4-9(2)12(15)14-11-7-5-10(6-8-11)13(16)17/h4-8H,3H2,1-2H3,(H,14,15)(H,16,17)/b9-4+. The normalized spacial score (nSPS) is 11.1. The zero-order valence-corrected chi connectivity index (χ0v) is 9.86. The second-order valence-corrected chi connectivity index (χ2v) is 3.63. The van der Waals surface area contributed by atoms with Gasteiger partial charge in [-0.1, -0.05) is 13.0 Å². The van der Waals surface area contributed by atoms with Crippen LogP contribution in [0.25, 0.3) is 0 Å². The molecule has 0 saturated carbocycles. The highest BCUT2D eigenvalue weighted by Crippen LogP contribution is 2.11. The molecule has 0 aliphatic rings. The fraction of sp³-hybridized carbons (Fsp3) is 0.231. The summed E-state index contributed by atoms with van der Waals surface area (Å²) in [6.07, 6.45) is 2.64. The minimum Gasteiger partial charge on any atom is -0.478 e. The van der Waals surface area contributed by atoms with Gasteiger partial charge in [0.2, 0.25) is 0 Å². The number of hydrogen-bond acceptors (Lipinski definition) is 2. The number of anilines is 1. The Balaban J connectivity index is 2.73. The van der Waals surface area contributed by atoms with E-state index in [1.807, 2.05) is 13.0 Å². The monoisotopic (exact) mass is 233 g/mol. The van der Waals surface area contributed by atoms with Crippen LogP contribution < -0.4 is 5.32 Å². The molecule has 0 aromatic heterocycles. The Morgan fingerprint density at radius 2 is 1.88 bits per heavy atom. The van der Waals surface area contributed by atoms with Crippen LogP contribution in [-0.4, -0.2) is 17.0 Å². The molecule has 0 aliphatic carbocycles. The molecule has 4 nitrogen and oxygen atoms in total. The van der Waals surface area contributed by atoms with Gasteiger partial charge in [-0.25, -0.2) is 4.79 Å². The maximum absolute atomic E-state index is 11.6. The summed E-state index contributed by atoms with van der Waals surface area (Å²) in [7, 11) is 0. The lowest BCUT2D eigenvalue weighted by atomic mass is 10.2. The summed E-state index contributed by atoms with van der Waals surface area (Å²) < 4.78 is 0. The summed E-state index contributed by atoms with van der Waals surface area (Å²) in [5.41, 5.74) is 1.43. The third-order valence-electron chi connectivity index (χ3n) is 2.26. The summed E-state index contributed by atoms with van der Waals surface area (Å²) in [4.78, 5) is 22.3. The Morgan fingerprint density at radius 1 is 1.29 bits per heavy atom. The molecule has 1 amide bonds. The molecule has 1 aromatic rings. The van der Waals surface area contributed by atoms with Gasteiger partial charge in [-0.2, -0.15) is 0 Å². The number of amides is 1. The Labute approximate surface area is 100.0 Å². The van der Waals surface area contributed by atoms with E-state index in [2.05, 4.69) is 5.32 Å². The SMILES string of the molecule is CC/C=C(\C)C(=O)Nc1ccc(C(=O)O)cc1. The first-order valence-electron chi connectivity index (χ1n) is 5.36. The van der Waals surface area contributed by atoms with Crippen LogP contribution in [0.3, 0.4) is 0 Å². The molecule has 1 rings (SSSR count). The van der Waals surface area contributed by atoms with Crippen LogP contribution >= 0.6 is 0 Å². The Bertz CT molecular complexity index is 446. The van der Waals surface area contributed by atoms with Crippen molar-refractivity contribution in [1.82, 2.24) is 0 Å². The van der Waals surface area contributed by atoms with Gasteiger partial charge in [-0.05, 0) is 37.6 Å². The van der Waals surface area contributed by atoms with E-state index in [-0.39, 0.29) is 11.5 Å². The van der Waals surface area contributed by atoms with Crippen LogP contribution in [0.2, 0.25) is 0 Å². The number of carbonyl (C=O) groups is 2. The van der Waals surface area contributed by atoms with Gasteiger partial charge in [0.25, 0.3) is 5.91 Å². The highest BCUT2D eigenvalue weighted by atomic mass is 16.4. The van der Waals surface area contributed by atoms with E-state index in [4.69, 9.17) is 5.11 Å². The zero-order valence-electron chi connectivity index (χ0n) is 9.86. The summed E-state index contributed by atoms with van der Waals surface area (Å²) >= 11 is 0. The van der Waals surface area contributed by atoms with Crippen LogP contribution in [-0.2, 0) is 4.79 Å².